The Hall–Kier alpha value is -1.88. The number of thiophene rings is 1. The molecule has 20 heavy (non-hydrogen) atoms. The van der Waals surface area contributed by atoms with Crippen molar-refractivity contribution < 1.29 is 17.9 Å². The van der Waals surface area contributed by atoms with Crippen molar-refractivity contribution >= 4 is 27.0 Å². The molecule has 2 N–H and O–H groups in total. The molecule has 0 aliphatic heterocycles. The summed E-state index contributed by atoms with van der Waals surface area (Å²) in [5.74, 6) is 4.33. The molecule has 104 valence electrons. The summed E-state index contributed by atoms with van der Waals surface area (Å²) in [5, 5.41) is 10.3. The molecule has 0 aliphatic rings. The maximum Gasteiger partial charge on any atom is 0.271 e. The van der Waals surface area contributed by atoms with Gasteiger partial charge < -0.3 is 5.11 Å². The zero-order valence-corrected chi connectivity index (χ0v) is 11.8. The summed E-state index contributed by atoms with van der Waals surface area (Å²) in [7, 11) is -3.71. The number of halogens is 1. The van der Waals surface area contributed by atoms with Crippen LogP contribution in [0.2, 0.25) is 0 Å². The third-order valence-corrected chi connectivity index (χ3v) is 5.05. The molecular formula is C13H10FNO3S2. The number of aliphatic hydroxyl groups is 1. The molecule has 0 fully saturated rings. The normalized spacial score (nSPS) is 10.7. The van der Waals surface area contributed by atoms with Crippen molar-refractivity contribution in [1.29, 1.82) is 0 Å². The van der Waals surface area contributed by atoms with Crippen LogP contribution in [0.1, 0.15) is 5.56 Å². The molecule has 0 atom stereocenters. The topological polar surface area (TPSA) is 66.4 Å². The Morgan fingerprint density at radius 1 is 1.35 bits per heavy atom. The fraction of sp³-hybridized carbons (Fsp3) is 0.0769. The Morgan fingerprint density at radius 3 is 2.80 bits per heavy atom. The molecule has 7 heteroatoms. The molecule has 0 amide bonds. The second kappa shape index (κ2) is 6.05. The summed E-state index contributed by atoms with van der Waals surface area (Å²) in [4.78, 5) is 0. The maximum atomic E-state index is 13.2. The minimum Gasteiger partial charge on any atom is -0.384 e. The van der Waals surface area contributed by atoms with Crippen LogP contribution in [0.5, 0.6) is 0 Å². The van der Waals surface area contributed by atoms with Gasteiger partial charge in [-0.25, -0.2) is 12.8 Å². The first-order chi connectivity index (χ1) is 9.53. The van der Waals surface area contributed by atoms with Crippen LogP contribution in [0.3, 0.4) is 0 Å². The smallest absolute Gasteiger partial charge is 0.271 e. The fourth-order valence-electron chi connectivity index (χ4n) is 1.46. The summed E-state index contributed by atoms with van der Waals surface area (Å²) in [5.41, 5.74) is 0.333. The van der Waals surface area contributed by atoms with Crippen LogP contribution in [0.25, 0.3) is 0 Å². The first-order valence-corrected chi connectivity index (χ1v) is 7.85. The number of hydrogen-bond acceptors (Lipinski definition) is 4. The average Bonchev–Trinajstić information content (AvgIpc) is 2.93. The Morgan fingerprint density at radius 2 is 2.15 bits per heavy atom. The molecule has 0 unspecified atom stereocenters. The lowest BCUT2D eigenvalue weighted by molar-refractivity contribution is 0.350. The first-order valence-electron chi connectivity index (χ1n) is 5.48. The highest BCUT2D eigenvalue weighted by atomic mass is 32.2. The average molecular weight is 311 g/mol. The predicted octanol–water partition coefficient (Wildman–Crippen LogP) is 2.03. The van der Waals surface area contributed by atoms with Crippen molar-refractivity contribution in [2.24, 2.45) is 0 Å². The van der Waals surface area contributed by atoms with Crippen LogP contribution in [0, 0.1) is 17.7 Å². The van der Waals surface area contributed by atoms with Gasteiger partial charge >= 0.3 is 0 Å². The molecule has 2 aromatic rings. The van der Waals surface area contributed by atoms with Crippen molar-refractivity contribution in [3.63, 3.8) is 0 Å². The van der Waals surface area contributed by atoms with E-state index in [0.717, 1.165) is 23.5 Å². The van der Waals surface area contributed by atoms with E-state index in [1.54, 1.807) is 11.4 Å². The monoisotopic (exact) mass is 311 g/mol. The van der Waals surface area contributed by atoms with E-state index in [1.807, 2.05) is 0 Å². The van der Waals surface area contributed by atoms with Gasteiger partial charge in [-0.3, -0.25) is 4.72 Å². The molecule has 0 spiro atoms. The quantitative estimate of drug-likeness (QED) is 0.852. The van der Waals surface area contributed by atoms with Crippen LogP contribution in [-0.4, -0.2) is 20.1 Å². The van der Waals surface area contributed by atoms with Crippen LogP contribution in [-0.2, 0) is 10.0 Å². The molecular weight excluding hydrogens is 301 g/mol. The number of sulfonamides is 1. The summed E-state index contributed by atoms with van der Waals surface area (Å²) in [6.07, 6.45) is 0. The van der Waals surface area contributed by atoms with Crippen molar-refractivity contribution in [1.82, 2.24) is 0 Å². The Balaban J connectivity index is 2.39. The molecule has 1 aromatic carbocycles. The Kier molecular flexibility index (Phi) is 4.39. The lowest BCUT2D eigenvalue weighted by atomic mass is 10.2. The first kappa shape index (κ1) is 14.5. The molecule has 1 aromatic heterocycles. The maximum absolute atomic E-state index is 13.2. The summed E-state index contributed by atoms with van der Waals surface area (Å²) < 4.78 is 39.9. The van der Waals surface area contributed by atoms with Gasteiger partial charge in [0.2, 0.25) is 0 Å². The number of hydrogen-bond donors (Lipinski definition) is 2. The van der Waals surface area contributed by atoms with E-state index in [9.17, 15) is 12.8 Å². The van der Waals surface area contributed by atoms with Crippen molar-refractivity contribution in [2.45, 2.75) is 4.21 Å². The van der Waals surface area contributed by atoms with Gasteiger partial charge in [-0.2, -0.15) is 0 Å². The van der Waals surface area contributed by atoms with E-state index < -0.39 is 22.4 Å². The van der Waals surface area contributed by atoms with Crippen molar-refractivity contribution in [2.75, 3.05) is 11.3 Å². The van der Waals surface area contributed by atoms with E-state index in [4.69, 9.17) is 5.11 Å². The van der Waals surface area contributed by atoms with Gasteiger partial charge in [0.1, 0.15) is 16.6 Å². The Labute approximate surface area is 119 Å². The van der Waals surface area contributed by atoms with Crippen LogP contribution >= 0.6 is 11.3 Å². The fourth-order valence-corrected chi connectivity index (χ4v) is 3.53. The van der Waals surface area contributed by atoms with Gasteiger partial charge in [0.25, 0.3) is 10.0 Å². The highest BCUT2D eigenvalue weighted by molar-refractivity contribution is 7.94. The SMILES string of the molecule is O=S(=O)(Nc1ccc(F)cc1C#CCO)c1cccs1. The largest absolute Gasteiger partial charge is 0.384 e. The second-order valence-electron chi connectivity index (χ2n) is 3.69. The predicted molar refractivity (Wildman–Crippen MR) is 75.5 cm³/mol. The minimum absolute atomic E-state index is 0.155. The molecule has 0 saturated carbocycles. The van der Waals surface area contributed by atoms with Crippen LogP contribution in [0.4, 0.5) is 10.1 Å². The van der Waals surface area contributed by atoms with E-state index in [1.165, 1.54) is 12.1 Å². The molecule has 0 aliphatic carbocycles. The van der Waals surface area contributed by atoms with E-state index in [2.05, 4.69) is 16.6 Å². The highest BCUT2D eigenvalue weighted by Gasteiger charge is 2.16. The van der Waals surface area contributed by atoms with Crippen LogP contribution in [0.15, 0.2) is 39.9 Å². The van der Waals surface area contributed by atoms with Gasteiger partial charge in [-0.1, -0.05) is 17.9 Å². The van der Waals surface area contributed by atoms with E-state index >= 15 is 0 Å². The van der Waals surface area contributed by atoms with E-state index in [-0.39, 0.29) is 15.5 Å². The molecule has 0 bridgehead atoms. The van der Waals surface area contributed by atoms with Gasteiger partial charge in [0, 0.05) is 0 Å². The lowest BCUT2D eigenvalue weighted by Gasteiger charge is -2.08. The second-order valence-corrected chi connectivity index (χ2v) is 6.54. The summed E-state index contributed by atoms with van der Waals surface area (Å²) in [6.45, 7) is -0.395. The van der Waals surface area contributed by atoms with Gasteiger partial charge in [0.05, 0.1) is 11.3 Å². The summed E-state index contributed by atoms with van der Waals surface area (Å²) in [6, 6.07) is 6.62. The van der Waals surface area contributed by atoms with E-state index in [0.29, 0.717) is 0 Å². The van der Waals surface area contributed by atoms with Gasteiger partial charge in [0.15, 0.2) is 0 Å². The number of anilines is 1. The van der Waals surface area contributed by atoms with Crippen molar-refractivity contribution in [3.8, 4) is 11.8 Å². The lowest BCUT2D eigenvalue weighted by Crippen LogP contribution is -2.12. The highest BCUT2D eigenvalue weighted by Crippen LogP contribution is 2.23. The zero-order chi connectivity index (χ0) is 14.6. The standard InChI is InChI=1S/C13H10FNO3S2/c14-11-5-6-12(10(9-11)3-1-7-16)15-20(17,18)13-4-2-8-19-13/h2,4-6,8-9,15-16H,7H2. The number of nitrogens with one attached hydrogen (secondary N) is 1. The molecule has 1 heterocycles. The van der Waals surface area contributed by atoms with Crippen LogP contribution < -0.4 is 4.72 Å². The van der Waals surface area contributed by atoms with Gasteiger partial charge in [-0.05, 0) is 29.6 Å². The summed E-state index contributed by atoms with van der Waals surface area (Å²) >= 11 is 1.08. The third kappa shape index (κ3) is 3.36. The number of benzene rings is 1. The molecule has 4 nitrogen and oxygen atoms in total. The molecule has 0 radical (unpaired) electrons. The number of rotatable bonds is 3. The third-order valence-electron chi connectivity index (χ3n) is 2.29. The molecule has 0 saturated heterocycles. The van der Waals surface area contributed by atoms with Crippen molar-refractivity contribution in [3.05, 3.63) is 47.1 Å². The van der Waals surface area contributed by atoms with Gasteiger partial charge in [-0.15, -0.1) is 11.3 Å². The number of aliphatic hydroxyl groups excluding tert-OH is 1. The zero-order valence-electron chi connectivity index (χ0n) is 10.1. The molecule has 2 rings (SSSR count). The Bertz CT molecular complexity index is 759. The minimum atomic E-state index is -3.71.